The Bertz CT molecular complexity index is 1150. The van der Waals surface area contributed by atoms with Crippen LogP contribution in [0.1, 0.15) is 88.8 Å². The smallest absolute Gasteiger partial charge is 0.336 e. The van der Waals surface area contributed by atoms with Crippen molar-refractivity contribution in [2.75, 3.05) is 0 Å². The molecule has 36 heavy (non-hydrogen) atoms. The lowest BCUT2D eigenvalue weighted by Crippen LogP contribution is -2.56. The largest absolute Gasteiger partial charge is 0.478 e. The fourth-order valence-corrected chi connectivity index (χ4v) is 5.25. The van der Waals surface area contributed by atoms with Gasteiger partial charge in [0.2, 0.25) is 0 Å². The Balaban J connectivity index is 2.25. The Morgan fingerprint density at radius 3 is 2.17 bits per heavy atom. The van der Waals surface area contributed by atoms with Gasteiger partial charge in [0.1, 0.15) is 16.7 Å². The van der Waals surface area contributed by atoms with Crippen LogP contribution in [0.25, 0.3) is 0 Å². The molecule has 0 saturated carbocycles. The van der Waals surface area contributed by atoms with Crippen molar-refractivity contribution in [3.8, 4) is 0 Å². The van der Waals surface area contributed by atoms with Crippen LogP contribution < -0.4 is 0 Å². The number of aromatic nitrogens is 1. The molecule has 1 amide bonds. The first kappa shape index (κ1) is 27.6. The van der Waals surface area contributed by atoms with Crippen LogP contribution in [0.2, 0.25) is 0 Å². The van der Waals surface area contributed by atoms with Gasteiger partial charge in [0.15, 0.2) is 5.54 Å². The lowest BCUT2D eigenvalue weighted by molar-refractivity contribution is -0.166. The average molecular weight is 513 g/mol. The molecule has 2 heterocycles. The number of carbonyl (C=O) groups excluding carboxylic acids is 2. The van der Waals surface area contributed by atoms with Crippen molar-refractivity contribution in [1.29, 1.82) is 0 Å². The molecule has 0 radical (unpaired) electrons. The Hall–Kier alpha value is -3.00. The molecular formula is C28H36N2O5S. The summed E-state index contributed by atoms with van der Waals surface area (Å²) >= 11 is 1.25. The number of thiazole rings is 1. The van der Waals surface area contributed by atoms with E-state index in [-0.39, 0.29) is 23.3 Å². The number of nitrogens with zero attached hydrogens (tertiary/aromatic N) is 2. The van der Waals surface area contributed by atoms with Crippen molar-refractivity contribution < 1.29 is 24.2 Å². The van der Waals surface area contributed by atoms with E-state index in [0.29, 0.717) is 10.6 Å². The summed E-state index contributed by atoms with van der Waals surface area (Å²) in [6, 6.07) is 6.23. The zero-order chi connectivity index (χ0) is 27.1. The van der Waals surface area contributed by atoms with E-state index in [4.69, 9.17) is 4.74 Å². The van der Waals surface area contributed by atoms with Gasteiger partial charge in [0.05, 0.1) is 5.57 Å². The second kappa shape index (κ2) is 9.81. The maximum atomic E-state index is 14.2. The molecular weight excluding hydrogens is 476 g/mol. The molecule has 0 saturated heterocycles. The van der Waals surface area contributed by atoms with Gasteiger partial charge in [-0.1, -0.05) is 46.8 Å². The van der Waals surface area contributed by atoms with E-state index in [2.05, 4.69) is 25.8 Å². The molecule has 7 nitrogen and oxygen atoms in total. The van der Waals surface area contributed by atoms with Gasteiger partial charge >= 0.3 is 11.9 Å². The number of aliphatic carboxylic acids is 1. The minimum atomic E-state index is -1.61. The maximum Gasteiger partial charge on any atom is 0.336 e. The van der Waals surface area contributed by atoms with Crippen LogP contribution in [0, 0.1) is 5.92 Å². The first-order chi connectivity index (χ1) is 16.6. The zero-order valence-corrected chi connectivity index (χ0v) is 23.1. The third-order valence-electron chi connectivity index (χ3n) is 6.00. The molecule has 0 aliphatic carbocycles. The van der Waals surface area contributed by atoms with Crippen molar-refractivity contribution in [2.45, 2.75) is 84.4 Å². The summed E-state index contributed by atoms with van der Waals surface area (Å²) in [6.07, 6.45) is 3.18. The van der Waals surface area contributed by atoms with Crippen molar-refractivity contribution in [1.82, 2.24) is 9.88 Å². The quantitative estimate of drug-likeness (QED) is 0.493. The van der Waals surface area contributed by atoms with Crippen LogP contribution in [-0.4, -0.2) is 44.0 Å². The molecule has 0 fully saturated rings. The molecule has 2 atom stereocenters. The van der Waals surface area contributed by atoms with E-state index in [1.807, 2.05) is 26.0 Å². The van der Waals surface area contributed by atoms with E-state index >= 15 is 0 Å². The number of amides is 1. The highest BCUT2D eigenvalue weighted by atomic mass is 32.1. The topological polar surface area (TPSA) is 96.8 Å². The number of hydrogen-bond donors (Lipinski definition) is 1. The predicted octanol–water partition coefficient (Wildman–Crippen LogP) is 5.78. The van der Waals surface area contributed by atoms with Crippen LogP contribution in [0.15, 0.2) is 47.5 Å². The van der Waals surface area contributed by atoms with Crippen molar-refractivity contribution in [3.63, 3.8) is 0 Å². The summed E-state index contributed by atoms with van der Waals surface area (Å²) in [4.78, 5) is 46.3. The molecule has 0 spiro atoms. The summed E-state index contributed by atoms with van der Waals surface area (Å²) in [5.74, 6) is -2.35. The van der Waals surface area contributed by atoms with Crippen LogP contribution in [0.5, 0.6) is 0 Å². The van der Waals surface area contributed by atoms with Crippen molar-refractivity contribution in [2.24, 2.45) is 5.92 Å². The third kappa shape index (κ3) is 5.53. The Labute approximate surface area is 217 Å². The van der Waals surface area contributed by atoms with Gasteiger partial charge in [-0.2, -0.15) is 0 Å². The van der Waals surface area contributed by atoms with E-state index in [1.54, 1.807) is 44.5 Å². The number of hydrogen-bond acceptors (Lipinski definition) is 6. The molecule has 1 aliphatic heterocycles. The summed E-state index contributed by atoms with van der Waals surface area (Å²) in [5, 5.41) is 12.3. The lowest BCUT2D eigenvalue weighted by atomic mass is 9.85. The number of carboxylic acids is 1. The fraction of sp³-hybridized carbons (Fsp3) is 0.500. The first-order valence-electron chi connectivity index (χ1n) is 12.1. The molecule has 2 aromatic rings. The molecule has 3 rings (SSSR count). The van der Waals surface area contributed by atoms with E-state index in [0.717, 1.165) is 5.56 Å². The van der Waals surface area contributed by atoms with E-state index in [9.17, 15) is 19.5 Å². The summed E-state index contributed by atoms with van der Waals surface area (Å²) in [6.45, 7) is 15.4. The number of carbonyl (C=O) groups is 3. The Morgan fingerprint density at radius 2 is 1.72 bits per heavy atom. The summed E-state index contributed by atoms with van der Waals surface area (Å²) in [5.41, 5.74) is -1.18. The molecule has 1 N–H and O–H groups in total. The molecule has 0 bridgehead atoms. The predicted molar refractivity (Wildman–Crippen MR) is 140 cm³/mol. The highest BCUT2D eigenvalue weighted by Gasteiger charge is 2.58. The summed E-state index contributed by atoms with van der Waals surface area (Å²) in [7, 11) is 0. The van der Waals surface area contributed by atoms with Gasteiger partial charge in [-0.15, -0.1) is 11.3 Å². The summed E-state index contributed by atoms with van der Waals surface area (Å²) < 4.78 is 5.81. The highest BCUT2D eigenvalue weighted by molar-refractivity contribution is 7.09. The maximum absolute atomic E-state index is 14.2. The van der Waals surface area contributed by atoms with E-state index in [1.165, 1.54) is 22.3 Å². The minimum Gasteiger partial charge on any atom is -0.478 e. The normalized spacial score (nSPS) is 20.4. The first-order valence-corrected chi connectivity index (χ1v) is 13.0. The van der Waals surface area contributed by atoms with Gasteiger partial charge in [-0.25, -0.2) is 14.6 Å². The zero-order valence-electron chi connectivity index (χ0n) is 22.3. The minimum absolute atomic E-state index is 0.0441. The Morgan fingerprint density at radius 1 is 1.11 bits per heavy atom. The van der Waals surface area contributed by atoms with Gasteiger partial charge in [-0.3, -0.25) is 4.79 Å². The Kier molecular flexibility index (Phi) is 7.51. The van der Waals surface area contributed by atoms with Crippen LogP contribution >= 0.6 is 11.3 Å². The van der Waals surface area contributed by atoms with Crippen LogP contribution in [0.4, 0.5) is 0 Å². The SMILES string of the molecule is CC(C)C[C@@]1(C(=O)OC(C)(C)C)C=C(C(=O)O)[C@H](c2nccs2)N1C(=O)c1ccc(C(C)(C)C)cc1. The second-order valence-electron chi connectivity index (χ2n) is 11.7. The highest BCUT2D eigenvalue weighted by Crippen LogP contribution is 2.47. The lowest BCUT2D eigenvalue weighted by Gasteiger charge is -2.41. The molecule has 8 heteroatoms. The van der Waals surface area contributed by atoms with Crippen molar-refractivity contribution in [3.05, 3.63) is 63.6 Å². The van der Waals surface area contributed by atoms with Gasteiger partial charge < -0.3 is 14.7 Å². The molecule has 1 aromatic carbocycles. The molecule has 0 unspecified atom stereocenters. The second-order valence-corrected chi connectivity index (χ2v) is 12.6. The number of esters is 1. The van der Waals surface area contributed by atoms with Crippen LogP contribution in [0.3, 0.4) is 0 Å². The number of ether oxygens (including phenoxy) is 1. The standard InChI is InChI=1S/C28H36N2O5S/c1-17(2)15-28(25(34)35-27(6,7)8)16-20(24(32)33)21(22-29-13-14-36-22)30(28)23(31)18-9-11-19(12-10-18)26(3,4)5/h9-14,16-17,21H,15H2,1-8H3,(H,32,33)/t21-,28+/m1/s1. The average Bonchev–Trinajstić information content (AvgIpc) is 3.37. The molecule has 1 aliphatic rings. The number of carboxylic acid groups (broad SMARTS) is 1. The monoisotopic (exact) mass is 512 g/mol. The van der Waals surface area contributed by atoms with Crippen LogP contribution in [-0.2, 0) is 19.7 Å². The number of benzene rings is 1. The van der Waals surface area contributed by atoms with Gasteiger partial charge in [0, 0.05) is 17.1 Å². The molecule has 194 valence electrons. The van der Waals surface area contributed by atoms with Crippen molar-refractivity contribution >= 4 is 29.2 Å². The molecule has 1 aromatic heterocycles. The third-order valence-corrected chi connectivity index (χ3v) is 6.83. The van der Waals surface area contributed by atoms with Gasteiger partial charge in [-0.05, 0) is 62.3 Å². The van der Waals surface area contributed by atoms with Gasteiger partial charge in [0.25, 0.3) is 5.91 Å². The fourth-order valence-electron chi connectivity index (χ4n) is 4.50. The van der Waals surface area contributed by atoms with E-state index < -0.39 is 35.0 Å². The number of rotatable bonds is 6.